The van der Waals surface area contributed by atoms with Crippen molar-refractivity contribution in [3.8, 4) is 5.75 Å². The van der Waals surface area contributed by atoms with E-state index in [0.29, 0.717) is 0 Å². The molecule has 0 aromatic heterocycles. The lowest BCUT2D eigenvalue weighted by Crippen LogP contribution is -2.39. The molecular weight excluding hydrogens is 323 g/mol. The van der Waals surface area contributed by atoms with Crippen LogP contribution in [-0.2, 0) is 6.42 Å². The topological polar surface area (TPSA) is 70.6 Å². The standard InChI is InChI=1S/C19H21FN2O3/c1-25-18-8-4-6-12-13(18)9-10-16(12)22-19(24)21-11-17(23)14-5-2-3-7-15(14)20/h2-8,16-17,23H,9-11H2,1H3,(H2,21,22,24)/t16-,17+/m0/s1. The van der Waals surface area contributed by atoms with Gasteiger partial charge in [-0.2, -0.15) is 0 Å². The SMILES string of the molecule is COc1cccc2c1CC[C@@H]2NC(=O)NC[C@@H](O)c1ccccc1F. The highest BCUT2D eigenvalue weighted by Gasteiger charge is 2.26. The van der Waals surface area contributed by atoms with Crippen LogP contribution in [-0.4, -0.2) is 24.8 Å². The number of amides is 2. The maximum absolute atomic E-state index is 13.6. The first-order valence-electron chi connectivity index (χ1n) is 8.22. The Balaban J connectivity index is 1.57. The lowest BCUT2D eigenvalue weighted by molar-refractivity contribution is 0.168. The first-order chi connectivity index (χ1) is 12.1. The number of urea groups is 1. The van der Waals surface area contributed by atoms with Crippen molar-refractivity contribution < 1.29 is 19.0 Å². The second-order valence-corrected chi connectivity index (χ2v) is 6.01. The first kappa shape index (κ1) is 17.2. The molecule has 0 saturated carbocycles. The van der Waals surface area contributed by atoms with E-state index in [-0.39, 0.29) is 18.2 Å². The van der Waals surface area contributed by atoms with Gasteiger partial charge in [-0.25, -0.2) is 9.18 Å². The minimum absolute atomic E-state index is 0.0650. The van der Waals surface area contributed by atoms with Crippen molar-refractivity contribution in [2.24, 2.45) is 0 Å². The van der Waals surface area contributed by atoms with Crippen LogP contribution in [0.5, 0.6) is 5.75 Å². The van der Waals surface area contributed by atoms with E-state index in [1.54, 1.807) is 19.2 Å². The summed E-state index contributed by atoms with van der Waals surface area (Å²) in [6, 6.07) is 11.3. The first-order valence-corrected chi connectivity index (χ1v) is 8.22. The molecule has 1 aliphatic rings. The highest BCUT2D eigenvalue weighted by Crippen LogP contribution is 2.36. The fourth-order valence-electron chi connectivity index (χ4n) is 3.22. The maximum Gasteiger partial charge on any atom is 0.315 e. The minimum Gasteiger partial charge on any atom is -0.496 e. The van der Waals surface area contributed by atoms with Crippen LogP contribution < -0.4 is 15.4 Å². The van der Waals surface area contributed by atoms with E-state index in [1.807, 2.05) is 18.2 Å². The molecule has 0 heterocycles. The lowest BCUT2D eigenvalue weighted by Gasteiger charge is -2.17. The zero-order chi connectivity index (χ0) is 17.8. The quantitative estimate of drug-likeness (QED) is 0.781. The molecule has 5 nitrogen and oxygen atoms in total. The minimum atomic E-state index is -1.09. The van der Waals surface area contributed by atoms with Gasteiger partial charge in [0.25, 0.3) is 0 Å². The maximum atomic E-state index is 13.6. The Morgan fingerprint density at radius 1 is 1.32 bits per heavy atom. The Labute approximate surface area is 145 Å². The molecule has 2 atom stereocenters. The average Bonchev–Trinajstić information content (AvgIpc) is 3.03. The number of aliphatic hydroxyl groups is 1. The fourth-order valence-corrected chi connectivity index (χ4v) is 3.22. The molecule has 6 heteroatoms. The molecule has 0 spiro atoms. The number of rotatable bonds is 5. The number of ether oxygens (including phenoxy) is 1. The third-order valence-electron chi connectivity index (χ3n) is 4.47. The van der Waals surface area contributed by atoms with Crippen LogP contribution >= 0.6 is 0 Å². The van der Waals surface area contributed by atoms with Crippen molar-refractivity contribution in [3.05, 3.63) is 65.0 Å². The number of carbonyl (C=O) groups is 1. The van der Waals surface area contributed by atoms with Crippen molar-refractivity contribution in [2.45, 2.75) is 25.0 Å². The van der Waals surface area contributed by atoms with Crippen molar-refractivity contribution in [1.29, 1.82) is 0 Å². The van der Waals surface area contributed by atoms with Gasteiger partial charge in [0, 0.05) is 12.1 Å². The predicted octanol–water partition coefficient (Wildman–Crippen LogP) is 2.85. The summed E-state index contributed by atoms with van der Waals surface area (Å²) in [4.78, 5) is 12.1. The molecule has 0 radical (unpaired) electrons. The van der Waals surface area contributed by atoms with Crippen LogP contribution in [0, 0.1) is 5.82 Å². The van der Waals surface area contributed by atoms with E-state index in [0.717, 1.165) is 29.7 Å². The molecule has 0 unspecified atom stereocenters. The van der Waals surface area contributed by atoms with E-state index < -0.39 is 18.0 Å². The molecule has 3 rings (SSSR count). The van der Waals surface area contributed by atoms with Gasteiger partial charge in [0.1, 0.15) is 11.6 Å². The zero-order valence-electron chi connectivity index (χ0n) is 14.0. The Morgan fingerprint density at radius 2 is 2.12 bits per heavy atom. The molecule has 0 fully saturated rings. The summed E-state index contributed by atoms with van der Waals surface area (Å²) in [5.41, 5.74) is 2.32. The van der Waals surface area contributed by atoms with Crippen molar-refractivity contribution in [3.63, 3.8) is 0 Å². The Kier molecular flexibility index (Phi) is 5.19. The van der Waals surface area contributed by atoms with E-state index in [1.165, 1.54) is 12.1 Å². The Hall–Kier alpha value is -2.60. The number of fused-ring (bicyclic) bond motifs is 1. The summed E-state index contributed by atoms with van der Waals surface area (Å²) in [7, 11) is 1.63. The predicted molar refractivity (Wildman–Crippen MR) is 92.0 cm³/mol. The average molecular weight is 344 g/mol. The molecule has 2 amide bonds. The molecule has 3 N–H and O–H groups in total. The third-order valence-corrected chi connectivity index (χ3v) is 4.47. The summed E-state index contributed by atoms with van der Waals surface area (Å²) in [5.74, 6) is 0.339. The number of methoxy groups -OCH3 is 1. The van der Waals surface area contributed by atoms with Gasteiger partial charge in [-0.15, -0.1) is 0 Å². The molecule has 132 valence electrons. The molecule has 25 heavy (non-hydrogen) atoms. The van der Waals surface area contributed by atoms with E-state index in [4.69, 9.17) is 4.74 Å². The van der Waals surface area contributed by atoms with Gasteiger partial charge in [0.2, 0.25) is 0 Å². The molecule has 1 aliphatic carbocycles. The number of benzene rings is 2. The highest BCUT2D eigenvalue weighted by atomic mass is 19.1. The Bertz CT molecular complexity index is 766. The number of hydrogen-bond donors (Lipinski definition) is 3. The van der Waals surface area contributed by atoms with Crippen LogP contribution in [0.25, 0.3) is 0 Å². The summed E-state index contributed by atoms with van der Waals surface area (Å²) >= 11 is 0. The van der Waals surface area contributed by atoms with E-state index >= 15 is 0 Å². The van der Waals surface area contributed by atoms with Crippen LogP contribution in [0.4, 0.5) is 9.18 Å². The number of hydrogen-bond acceptors (Lipinski definition) is 3. The number of nitrogens with one attached hydrogen (secondary N) is 2. The smallest absolute Gasteiger partial charge is 0.315 e. The van der Waals surface area contributed by atoms with Gasteiger partial charge in [0.15, 0.2) is 0 Å². The molecule has 0 saturated heterocycles. The van der Waals surface area contributed by atoms with Crippen LogP contribution in [0.3, 0.4) is 0 Å². The summed E-state index contributed by atoms with van der Waals surface area (Å²) in [5, 5.41) is 15.5. The molecular formula is C19H21FN2O3. The monoisotopic (exact) mass is 344 g/mol. The molecule has 2 aromatic rings. The largest absolute Gasteiger partial charge is 0.496 e. The number of aliphatic hydroxyl groups excluding tert-OH is 1. The second-order valence-electron chi connectivity index (χ2n) is 6.01. The second kappa shape index (κ2) is 7.53. The van der Waals surface area contributed by atoms with Crippen molar-refractivity contribution in [2.75, 3.05) is 13.7 Å². The number of halogens is 1. The molecule has 0 bridgehead atoms. The molecule has 2 aromatic carbocycles. The lowest BCUT2D eigenvalue weighted by atomic mass is 10.1. The van der Waals surface area contributed by atoms with Gasteiger partial charge in [-0.3, -0.25) is 0 Å². The number of carbonyl (C=O) groups excluding carboxylic acids is 1. The Morgan fingerprint density at radius 3 is 2.88 bits per heavy atom. The summed E-state index contributed by atoms with van der Waals surface area (Å²) < 4.78 is 19.0. The van der Waals surface area contributed by atoms with Gasteiger partial charge in [0.05, 0.1) is 19.3 Å². The fraction of sp³-hybridized carbons (Fsp3) is 0.316. The normalized spacial score (nSPS) is 16.8. The summed E-state index contributed by atoms with van der Waals surface area (Å²) in [6.07, 6.45) is 0.532. The van der Waals surface area contributed by atoms with Crippen LogP contribution in [0.1, 0.15) is 35.3 Å². The van der Waals surface area contributed by atoms with Crippen LogP contribution in [0.2, 0.25) is 0 Å². The zero-order valence-corrected chi connectivity index (χ0v) is 14.0. The summed E-state index contributed by atoms with van der Waals surface area (Å²) in [6.45, 7) is -0.0650. The third kappa shape index (κ3) is 3.74. The highest BCUT2D eigenvalue weighted by molar-refractivity contribution is 5.74. The van der Waals surface area contributed by atoms with E-state index in [2.05, 4.69) is 10.6 Å². The van der Waals surface area contributed by atoms with Gasteiger partial charge in [-0.05, 0) is 36.1 Å². The molecule has 0 aliphatic heterocycles. The van der Waals surface area contributed by atoms with Crippen molar-refractivity contribution in [1.82, 2.24) is 10.6 Å². The van der Waals surface area contributed by atoms with E-state index in [9.17, 15) is 14.3 Å². The van der Waals surface area contributed by atoms with Gasteiger partial charge < -0.3 is 20.5 Å². The van der Waals surface area contributed by atoms with Crippen LogP contribution in [0.15, 0.2) is 42.5 Å². The van der Waals surface area contributed by atoms with Gasteiger partial charge >= 0.3 is 6.03 Å². The van der Waals surface area contributed by atoms with Gasteiger partial charge in [-0.1, -0.05) is 30.3 Å². The van der Waals surface area contributed by atoms with Crippen molar-refractivity contribution >= 4 is 6.03 Å².